The highest BCUT2D eigenvalue weighted by Gasteiger charge is 2.31. The van der Waals surface area contributed by atoms with E-state index in [2.05, 4.69) is 4.90 Å². The maximum atomic E-state index is 12.8. The van der Waals surface area contributed by atoms with Crippen molar-refractivity contribution in [3.8, 4) is 0 Å². The van der Waals surface area contributed by atoms with Gasteiger partial charge in [0.2, 0.25) is 0 Å². The molecule has 0 bridgehead atoms. The van der Waals surface area contributed by atoms with Gasteiger partial charge in [-0.1, -0.05) is 6.07 Å². The molecule has 23 heavy (non-hydrogen) atoms. The van der Waals surface area contributed by atoms with E-state index in [0.717, 1.165) is 39.0 Å². The number of carbonyl (C=O) groups is 1. The minimum atomic E-state index is -3.29. The zero-order chi connectivity index (χ0) is 16.4. The Morgan fingerprint density at radius 1 is 1.17 bits per heavy atom. The van der Waals surface area contributed by atoms with E-state index in [-0.39, 0.29) is 16.8 Å². The molecule has 1 aromatic rings. The first-order chi connectivity index (χ1) is 10.9. The molecular weight excluding hydrogens is 312 g/mol. The minimum Gasteiger partial charge on any atom is -0.334 e. The maximum absolute atomic E-state index is 12.8. The number of hydrogen-bond acceptors (Lipinski definition) is 4. The number of likely N-dealkylation sites (tertiary alicyclic amines) is 2. The van der Waals surface area contributed by atoms with Crippen LogP contribution in [0.2, 0.25) is 0 Å². The van der Waals surface area contributed by atoms with E-state index in [1.165, 1.54) is 31.2 Å². The van der Waals surface area contributed by atoms with Gasteiger partial charge in [-0.2, -0.15) is 0 Å². The van der Waals surface area contributed by atoms with E-state index in [4.69, 9.17) is 0 Å². The molecule has 5 nitrogen and oxygen atoms in total. The monoisotopic (exact) mass is 336 g/mol. The van der Waals surface area contributed by atoms with Crippen LogP contribution >= 0.6 is 0 Å². The van der Waals surface area contributed by atoms with Gasteiger partial charge in [-0.05, 0) is 57.0 Å². The van der Waals surface area contributed by atoms with Crippen LogP contribution in [0.25, 0.3) is 0 Å². The number of hydrogen-bond donors (Lipinski definition) is 0. The van der Waals surface area contributed by atoms with Gasteiger partial charge in [-0.3, -0.25) is 4.79 Å². The number of benzene rings is 1. The Labute approximate surface area is 138 Å². The van der Waals surface area contributed by atoms with Crippen molar-refractivity contribution in [1.82, 2.24) is 9.80 Å². The van der Waals surface area contributed by atoms with Gasteiger partial charge in [-0.25, -0.2) is 8.42 Å². The smallest absolute Gasteiger partial charge is 0.254 e. The second-order valence-corrected chi connectivity index (χ2v) is 8.62. The minimum absolute atomic E-state index is 0.0443. The van der Waals surface area contributed by atoms with Gasteiger partial charge in [0.05, 0.1) is 4.90 Å². The molecule has 0 saturated carbocycles. The lowest BCUT2D eigenvalue weighted by molar-refractivity contribution is 0.0708. The lowest BCUT2D eigenvalue weighted by atomic mass is 10.1. The summed E-state index contributed by atoms with van der Waals surface area (Å²) < 4.78 is 23.4. The van der Waals surface area contributed by atoms with Gasteiger partial charge in [0.1, 0.15) is 0 Å². The molecule has 0 N–H and O–H groups in total. The highest BCUT2D eigenvalue weighted by atomic mass is 32.2. The third kappa shape index (κ3) is 3.75. The predicted molar refractivity (Wildman–Crippen MR) is 89.3 cm³/mol. The van der Waals surface area contributed by atoms with Crippen molar-refractivity contribution < 1.29 is 13.2 Å². The number of nitrogens with zero attached hydrogens (tertiary/aromatic N) is 2. The average molecular weight is 336 g/mol. The lowest BCUT2D eigenvalue weighted by Crippen LogP contribution is -2.42. The molecule has 1 unspecified atom stereocenters. The number of amides is 1. The van der Waals surface area contributed by atoms with Crippen LogP contribution in [-0.4, -0.2) is 62.6 Å². The Kier molecular flexibility index (Phi) is 4.73. The van der Waals surface area contributed by atoms with Crippen LogP contribution in [0.15, 0.2) is 29.2 Å². The fourth-order valence-electron chi connectivity index (χ4n) is 3.58. The highest BCUT2D eigenvalue weighted by Crippen LogP contribution is 2.23. The van der Waals surface area contributed by atoms with E-state index in [1.54, 1.807) is 12.1 Å². The van der Waals surface area contributed by atoms with Gasteiger partial charge in [0.25, 0.3) is 5.91 Å². The quantitative estimate of drug-likeness (QED) is 0.841. The van der Waals surface area contributed by atoms with Crippen LogP contribution in [0.5, 0.6) is 0 Å². The van der Waals surface area contributed by atoms with Crippen LogP contribution in [0.4, 0.5) is 0 Å². The summed E-state index contributed by atoms with van der Waals surface area (Å²) >= 11 is 0. The molecule has 1 amide bonds. The standard InChI is InChI=1S/C17H24N2O3S/c1-23(21,22)16-8-4-6-14(12-16)17(20)19-11-5-7-15(19)13-18-9-2-3-10-18/h4,6,8,12,15H,2-3,5,7,9-11,13H2,1H3. The van der Waals surface area contributed by atoms with Crippen molar-refractivity contribution in [2.24, 2.45) is 0 Å². The molecule has 6 heteroatoms. The second kappa shape index (κ2) is 6.61. The molecule has 1 atom stereocenters. The van der Waals surface area contributed by atoms with E-state index in [0.29, 0.717) is 5.56 Å². The molecule has 126 valence electrons. The van der Waals surface area contributed by atoms with Crippen molar-refractivity contribution >= 4 is 15.7 Å². The van der Waals surface area contributed by atoms with Gasteiger partial charge < -0.3 is 9.80 Å². The van der Waals surface area contributed by atoms with Crippen molar-refractivity contribution in [2.45, 2.75) is 36.6 Å². The number of carbonyl (C=O) groups excluding carboxylic acids is 1. The molecule has 2 aliphatic heterocycles. The average Bonchev–Trinajstić information content (AvgIpc) is 3.18. The van der Waals surface area contributed by atoms with Crippen LogP contribution < -0.4 is 0 Å². The van der Waals surface area contributed by atoms with Crippen LogP contribution in [0.1, 0.15) is 36.0 Å². The van der Waals surface area contributed by atoms with Gasteiger partial charge in [0, 0.05) is 31.0 Å². The van der Waals surface area contributed by atoms with Gasteiger partial charge in [0.15, 0.2) is 9.84 Å². The first-order valence-electron chi connectivity index (χ1n) is 8.28. The molecule has 0 spiro atoms. The van der Waals surface area contributed by atoms with Crippen LogP contribution in [0, 0.1) is 0 Å². The molecular formula is C17H24N2O3S. The highest BCUT2D eigenvalue weighted by molar-refractivity contribution is 7.90. The van der Waals surface area contributed by atoms with E-state index in [9.17, 15) is 13.2 Å². The summed E-state index contributed by atoms with van der Waals surface area (Å²) in [6.07, 6.45) is 5.72. The second-order valence-electron chi connectivity index (χ2n) is 6.60. The third-order valence-corrected chi connectivity index (χ3v) is 5.93. The Balaban J connectivity index is 1.76. The summed E-state index contributed by atoms with van der Waals surface area (Å²) in [6, 6.07) is 6.65. The van der Waals surface area contributed by atoms with Crippen molar-refractivity contribution in [3.05, 3.63) is 29.8 Å². The van der Waals surface area contributed by atoms with Gasteiger partial charge >= 0.3 is 0 Å². The summed E-state index contributed by atoms with van der Waals surface area (Å²) in [4.78, 5) is 17.4. The summed E-state index contributed by atoms with van der Waals surface area (Å²) in [5.41, 5.74) is 0.473. The van der Waals surface area contributed by atoms with Crippen molar-refractivity contribution in [2.75, 3.05) is 32.4 Å². The van der Waals surface area contributed by atoms with Crippen LogP contribution in [-0.2, 0) is 9.84 Å². The first-order valence-corrected chi connectivity index (χ1v) is 10.2. The fraction of sp³-hybridized carbons (Fsp3) is 0.588. The van der Waals surface area contributed by atoms with E-state index >= 15 is 0 Å². The van der Waals surface area contributed by atoms with E-state index < -0.39 is 9.84 Å². The number of rotatable bonds is 4. The molecule has 0 aliphatic carbocycles. The summed E-state index contributed by atoms with van der Waals surface area (Å²) in [6.45, 7) is 3.96. The summed E-state index contributed by atoms with van der Waals surface area (Å²) in [5.74, 6) is -0.0443. The maximum Gasteiger partial charge on any atom is 0.254 e. The Hall–Kier alpha value is -1.40. The van der Waals surface area contributed by atoms with Crippen molar-refractivity contribution in [3.63, 3.8) is 0 Å². The fourth-order valence-corrected chi connectivity index (χ4v) is 4.25. The normalized spacial score (nSPS) is 22.7. The molecule has 2 heterocycles. The largest absolute Gasteiger partial charge is 0.334 e. The van der Waals surface area contributed by atoms with Crippen molar-refractivity contribution in [1.29, 1.82) is 0 Å². The molecule has 3 rings (SSSR count). The molecule has 1 aromatic carbocycles. The summed E-state index contributed by atoms with van der Waals surface area (Å²) in [7, 11) is -3.29. The zero-order valence-corrected chi connectivity index (χ0v) is 14.4. The summed E-state index contributed by atoms with van der Waals surface area (Å²) in [5, 5.41) is 0. The SMILES string of the molecule is CS(=O)(=O)c1cccc(C(=O)N2CCCC2CN2CCCC2)c1. The first kappa shape index (κ1) is 16.5. The number of sulfone groups is 1. The van der Waals surface area contributed by atoms with E-state index in [1.807, 2.05) is 4.90 Å². The third-order valence-electron chi connectivity index (χ3n) is 4.81. The lowest BCUT2D eigenvalue weighted by Gasteiger charge is -2.28. The predicted octanol–water partition coefficient (Wildman–Crippen LogP) is 1.79. The van der Waals surface area contributed by atoms with Gasteiger partial charge in [-0.15, -0.1) is 0 Å². The molecule has 2 fully saturated rings. The topological polar surface area (TPSA) is 57.7 Å². The Morgan fingerprint density at radius 3 is 2.61 bits per heavy atom. The molecule has 0 aromatic heterocycles. The zero-order valence-electron chi connectivity index (χ0n) is 13.6. The molecule has 2 aliphatic rings. The Bertz CT molecular complexity index is 681. The Morgan fingerprint density at radius 2 is 1.91 bits per heavy atom. The van der Waals surface area contributed by atoms with Crippen LogP contribution in [0.3, 0.4) is 0 Å². The molecule has 0 radical (unpaired) electrons. The molecule has 2 saturated heterocycles.